The normalized spacial score (nSPS) is 12.1. The zero-order valence-corrected chi connectivity index (χ0v) is 14.5. The molecule has 7 heteroatoms. The number of carbonyl (C=O) groups is 1. The third-order valence-electron chi connectivity index (χ3n) is 3.27. The van der Waals surface area contributed by atoms with Gasteiger partial charge < -0.3 is 9.73 Å². The second-order valence-electron chi connectivity index (χ2n) is 5.04. The van der Waals surface area contributed by atoms with E-state index in [2.05, 4.69) is 10.3 Å². The number of hydrogen-bond acceptors (Lipinski definition) is 5. The summed E-state index contributed by atoms with van der Waals surface area (Å²) >= 11 is 2.96. The Morgan fingerprint density at radius 3 is 2.96 bits per heavy atom. The van der Waals surface area contributed by atoms with Crippen LogP contribution in [0.2, 0.25) is 0 Å². The predicted molar refractivity (Wildman–Crippen MR) is 95.6 cm³/mol. The van der Waals surface area contributed by atoms with Crippen molar-refractivity contribution in [2.45, 2.75) is 17.9 Å². The van der Waals surface area contributed by atoms with Gasteiger partial charge in [-0.05, 0) is 31.2 Å². The highest BCUT2D eigenvalue weighted by Gasteiger charge is 2.16. The van der Waals surface area contributed by atoms with E-state index in [-0.39, 0.29) is 16.8 Å². The van der Waals surface area contributed by atoms with Crippen LogP contribution < -0.4 is 5.32 Å². The fourth-order valence-corrected chi connectivity index (χ4v) is 3.64. The number of furan rings is 1. The topological polar surface area (TPSA) is 55.1 Å². The highest BCUT2D eigenvalue weighted by Crippen LogP contribution is 2.27. The number of para-hydroxylation sites is 1. The van der Waals surface area contributed by atoms with Gasteiger partial charge in [-0.15, -0.1) is 23.1 Å². The maximum Gasteiger partial charge on any atom is 0.237 e. The smallest absolute Gasteiger partial charge is 0.237 e. The van der Waals surface area contributed by atoms with Crippen LogP contribution in [0.15, 0.2) is 52.5 Å². The molecule has 0 fully saturated rings. The molecule has 0 spiro atoms. The Bertz CT molecular complexity index is 818. The molecule has 0 bridgehead atoms. The Morgan fingerprint density at radius 2 is 2.21 bits per heavy atom. The second kappa shape index (κ2) is 7.63. The van der Waals surface area contributed by atoms with Gasteiger partial charge in [0.05, 0.1) is 22.9 Å². The van der Waals surface area contributed by atoms with Crippen LogP contribution in [-0.4, -0.2) is 16.1 Å². The molecule has 24 heavy (non-hydrogen) atoms. The number of benzene rings is 1. The Labute approximate surface area is 147 Å². The van der Waals surface area contributed by atoms with E-state index in [1.165, 1.54) is 29.2 Å². The summed E-state index contributed by atoms with van der Waals surface area (Å²) in [5, 5.41) is 5.05. The molecule has 1 amide bonds. The lowest BCUT2D eigenvalue weighted by molar-refractivity contribution is -0.115. The van der Waals surface area contributed by atoms with Crippen molar-refractivity contribution in [2.75, 3.05) is 5.32 Å². The molecule has 4 nitrogen and oxygen atoms in total. The van der Waals surface area contributed by atoms with E-state index in [4.69, 9.17) is 4.42 Å². The Hall–Kier alpha value is -2.12. The third-order valence-corrected chi connectivity index (χ3v) is 5.35. The molecule has 124 valence electrons. The molecule has 0 aliphatic heterocycles. The molecule has 2 aromatic heterocycles. The van der Waals surface area contributed by atoms with Gasteiger partial charge in [-0.1, -0.05) is 12.1 Å². The van der Waals surface area contributed by atoms with E-state index in [1.807, 2.05) is 17.5 Å². The van der Waals surface area contributed by atoms with E-state index >= 15 is 0 Å². The molecular weight excluding hydrogens is 347 g/mol. The van der Waals surface area contributed by atoms with Crippen molar-refractivity contribution in [3.63, 3.8) is 0 Å². The fraction of sp³-hybridized carbons (Fsp3) is 0.176. The van der Waals surface area contributed by atoms with E-state index < -0.39 is 5.82 Å². The minimum atomic E-state index is -0.439. The van der Waals surface area contributed by atoms with Crippen LogP contribution in [0.3, 0.4) is 0 Å². The monoisotopic (exact) mass is 362 g/mol. The summed E-state index contributed by atoms with van der Waals surface area (Å²) in [5.74, 6) is 0.669. The number of amides is 1. The van der Waals surface area contributed by atoms with Crippen LogP contribution in [0.1, 0.15) is 12.6 Å². The summed E-state index contributed by atoms with van der Waals surface area (Å²) in [7, 11) is 0. The van der Waals surface area contributed by atoms with Gasteiger partial charge in [0.25, 0.3) is 0 Å². The lowest BCUT2D eigenvalue weighted by Gasteiger charge is -2.11. The number of thiazole rings is 1. The first kappa shape index (κ1) is 16.7. The first-order valence-corrected chi connectivity index (χ1v) is 9.21. The first-order chi connectivity index (χ1) is 11.6. The maximum atomic E-state index is 13.6. The van der Waals surface area contributed by atoms with E-state index in [0.717, 1.165) is 16.5 Å². The van der Waals surface area contributed by atoms with Gasteiger partial charge >= 0.3 is 0 Å². The standard InChI is InChI=1S/C17H15FN2O2S2/c1-11(16(21)20-14-6-3-2-5-13(14)18)23-9-12-10-24-17(19-12)15-7-4-8-22-15/h2-8,10-11H,9H2,1H3,(H,20,21). The van der Waals surface area contributed by atoms with E-state index in [0.29, 0.717) is 5.75 Å². The van der Waals surface area contributed by atoms with Crippen molar-refractivity contribution < 1.29 is 13.6 Å². The first-order valence-electron chi connectivity index (χ1n) is 7.29. The summed E-state index contributed by atoms with van der Waals surface area (Å²) in [4.78, 5) is 16.6. The molecule has 0 aliphatic carbocycles. The lowest BCUT2D eigenvalue weighted by atomic mass is 10.3. The summed E-state index contributed by atoms with van der Waals surface area (Å²) < 4.78 is 18.9. The minimum Gasteiger partial charge on any atom is -0.462 e. The SMILES string of the molecule is CC(SCc1csc(-c2ccco2)n1)C(=O)Nc1ccccc1F. The Balaban J connectivity index is 1.54. The molecule has 1 atom stereocenters. The van der Waals surface area contributed by atoms with Gasteiger partial charge in [0.15, 0.2) is 10.8 Å². The average molecular weight is 362 g/mol. The van der Waals surface area contributed by atoms with Gasteiger partial charge in [0.2, 0.25) is 5.91 Å². The number of nitrogens with one attached hydrogen (secondary N) is 1. The molecule has 1 N–H and O–H groups in total. The number of anilines is 1. The highest BCUT2D eigenvalue weighted by molar-refractivity contribution is 7.99. The number of carbonyl (C=O) groups excluding carboxylic acids is 1. The molecule has 1 unspecified atom stereocenters. The van der Waals surface area contributed by atoms with Crippen molar-refractivity contribution in [1.29, 1.82) is 0 Å². The van der Waals surface area contributed by atoms with Crippen LogP contribution in [0.25, 0.3) is 10.8 Å². The zero-order valence-electron chi connectivity index (χ0n) is 12.9. The molecular formula is C17H15FN2O2S2. The van der Waals surface area contributed by atoms with Crippen molar-refractivity contribution in [2.24, 2.45) is 0 Å². The van der Waals surface area contributed by atoms with Gasteiger partial charge in [-0.3, -0.25) is 4.79 Å². The summed E-state index contributed by atoms with van der Waals surface area (Å²) in [6.07, 6.45) is 1.61. The van der Waals surface area contributed by atoms with Crippen LogP contribution in [0.5, 0.6) is 0 Å². The fourth-order valence-electron chi connectivity index (χ4n) is 1.97. The molecule has 2 heterocycles. The third kappa shape index (κ3) is 4.04. The molecule has 0 aliphatic rings. The molecule has 0 saturated heterocycles. The van der Waals surface area contributed by atoms with Crippen molar-refractivity contribution >= 4 is 34.7 Å². The van der Waals surface area contributed by atoms with E-state index in [1.54, 1.807) is 31.4 Å². The second-order valence-corrected chi connectivity index (χ2v) is 7.23. The number of halogens is 1. The zero-order chi connectivity index (χ0) is 16.9. The van der Waals surface area contributed by atoms with Crippen molar-refractivity contribution in [3.8, 4) is 10.8 Å². The summed E-state index contributed by atoms with van der Waals surface area (Å²) in [6, 6.07) is 9.81. The highest BCUT2D eigenvalue weighted by atomic mass is 32.2. The van der Waals surface area contributed by atoms with Crippen LogP contribution in [0.4, 0.5) is 10.1 Å². The Kier molecular flexibility index (Phi) is 5.32. The lowest BCUT2D eigenvalue weighted by Crippen LogP contribution is -2.23. The largest absolute Gasteiger partial charge is 0.462 e. The predicted octanol–water partition coefficient (Wildman–Crippen LogP) is 4.80. The number of rotatable bonds is 6. The molecule has 3 aromatic rings. The van der Waals surface area contributed by atoms with Crippen LogP contribution >= 0.6 is 23.1 Å². The quantitative estimate of drug-likeness (QED) is 0.684. The number of thioether (sulfide) groups is 1. The van der Waals surface area contributed by atoms with Crippen LogP contribution in [0, 0.1) is 5.82 Å². The molecule has 3 rings (SSSR count). The number of nitrogens with zero attached hydrogens (tertiary/aromatic N) is 1. The van der Waals surface area contributed by atoms with E-state index in [9.17, 15) is 9.18 Å². The van der Waals surface area contributed by atoms with Crippen LogP contribution in [-0.2, 0) is 10.5 Å². The van der Waals surface area contributed by atoms with Gasteiger partial charge in [0, 0.05) is 11.1 Å². The number of hydrogen-bond donors (Lipinski definition) is 1. The minimum absolute atomic E-state index is 0.198. The van der Waals surface area contributed by atoms with Gasteiger partial charge in [-0.25, -0.2) is 9.37 Å². The summed E-state index contributed by atoms with van der Waals surface area (Å²) in [6.45, 7) is 1.79. The van der Waals surface area contributed by atoms with Gasteiger partial charge in [-0.2, -0.15) is 0 Å². The molecule has 0 saturated carbocycles. The summed E-state index contributed by atoms with van der Waals surface area (Å²) in [5.41, 5.74) is 1.09. The van der Waals surface area contributed by atoms with Crippen molar-refractivity contribution in [1.82, 2.24) is 4.98 Å². The van der Waals surface area contributed by atoms with Gasteiger partial charge in [0.1, 0.15) is 5.82 Å². The maximum absolute atomic E-state index is 13.6. The van der Waals surface area contributed by atoms with Crippen molar-refractivity contribution in [3.05, 3.63) is 59.6 Å². The molecule has 1 aromatic carbocycles. The number of aromatic nitrogens is 1. The Morgan fingerprint density at radius 1 is 1.38 bits per heavy atom. The average Bonchev–Trinajstić information content (AvgIpc) is 3.25. The molecule has 0 radical (unpaired) electrons.